The topological polar surface area (TPSA) is 68.1 Å². The molecule has 0 atom stereocenters. The van der Waals surface area contributed by atoms with Gasteiger partial charge in [-0.25, -0.2) is 4.98 Å². The van der Waals surface area contributed by atoms with Crippen LogP contribution in [0, 0.1) is 17.0 Å². The summed E-state index contributed by atoms with van der Waals surface area (Å²) in [5.74, 6) is 0.735. The third-order valence-electron chi connectivity index (χ3n) is 2.60. The van der Waals surface area contributed by atoms with Crippen molar-refractivity contribution < 1.29 is 4.92 Å². The van der Waals surface area contributed by atoms with E-state index in [1.54, 1.807) is 0 Å². The molecule has 0 fully saturated rings. The molecular weight excluding hydrogens is 206 g/mol. The second-order valence-electron chi connectivity index (χ2n) is 3.77. The minimum absolute atomic E-state index is 0.0348. The predicted molar refractivity (Wildman–Crippen MR) is 63.6 cm³/mol. The van der Waals surface area contributed by atoms with E-state index < -0.39 is 4.92 Å². The summed E-state index contributed by atoms with van der Waals surface area (Å²) in [5.41, 5.74) is 0.841. The van der Waals surface area contributed by atoms with Crippen molar-refractivity contribution in [2.45, 2.75) is 39.7 Å². The summed E-state index contributed by atoms with van der Waals surface area (Å²) in [4.78, 5) is 14.2. The maximum atomic E-state index is 10.5. The Morgan fingerprint density at radius 3 is 2.56 bits per heavy atom. The van der Waals surface area contributed by atoms with E-state index in [0.717, 1.165) is 24.2 Å². The number of aromatic nitrogens is 1. The second-order valence-corrected chi connectivity index (χ2v) is 3.77. The largest absolute Gasteiger partial charge is 0.367 e. The highest BCUT2D eigenvalue weighted by Gasteiger charge is 2.11. The summed E-state index contributed by atoms with van der Waals surface area (Å²) in [5, 5.41) is 13.8. The quantitative estimate of drug-likeness (QED) is 0.615. The number of pyridine rings is 1. The van der Waals surface area contributed by atoms with Crippen molar-refractivity contribution in [1.82, 2.24) is 4.98 Å². The minimum Gasteiger partial charge on any atom is -0.367 e. The SMILES string of the molecule is CCC(CC)Nc1ncc([N+](=O)[O-])cc1C. The number of nitrogens with one attached hydrogen (secondary N) is 1. The fourth-order valence-electron chi connectivity index (χ4n) is 1.50. The van der Waals surface area contributed by atoms with Crippen molar-refractivity contribution in [2.75, 3.05) is 5.32 Å². The fraction of sp³-hybridized carbons (Fsp3) is 0.545. The van der Waals surface area contributed by atoms with Gasteiger partial charge in [-0.2, -0.15) is 0 Å². The summed E-state index contributed by atoms with van der Waals surface area (Å²) in [6.07, 6.45) is 3.31. The van der Waals surface area contributed by atoms with Crippen LogP contribution in [0.1, 0.15) is 32.3 Å². The second kappa shape index (κ2) is 5.44. The Bertz CT molecular complexity index is 375. The molecule has 0 aliphatic rings. The van der Waals surface area contributed by atoms with Gasteiger partial charge in [-0.1, -0.05) is 13.8 Å². The molecule has 1 heterocycles. The van der Waals surface area contributed by atoms with Gasteiger partial charge in [0, 0.05) is 12.1 Å². The van der Waals surface area contributed by atoms with Crippen LogP contribution in [0.5, 0.6) is 0 Å². The molecule has 0 aromatic carbocycles. The molecule has 1 aromatic heterocycles. The van der Waals surface area contributed by atoms with Crippen molar-refractivity contribution in [3.8, 4) is 0 Å². The Hall–Kier alpha value is -1.65. The smallest absolute Gasteiger partial charge is 0.287 e. The Morgan fingerprint density at radius 1 is 1.50 bits per heavy atom. The number of aryl methyl sites for hydroxylation is 1. The monoisotopic (exact) mass is 223 g/mol. The van der Waals surface area contributed by atoms with Gasteiger partial charge in [-0.05, 0) is 25.3 Å². The molecule has 5 heteroatoms. The first kappa shape index (κ1) is 12.4. The highest BCUT2D eigenvalue weighted by Crippen LogP contribution is 2.19. The zero-order valence-electron chi connectivity index (χ0n) is 9.86. The van der Waals surface area contributed by atoms with Gasteiger partial charge in [0.2, 0.25) is 0 Å². The molecule has 16 heavy (non-hydrogen) atoms. The number of anilines is 1. The predicted octanol–water partition coefficient (Wildman–Crippen LogP) is 2.90. The van der Waals surface area contributed by atoms with E-state index in [9.17, 15) is 10.1 Å². The number of hydrogen-bond donors (Lipinski definition) is 1. The van der Waals surface area contributed by atoms with E-state index >= 15 is 0 Å². The van der Waals surface area contributed by atoms with Gasteiger partial charge < -0.3 is 5.32 Å². The van der Waals surface area contributed by atoms with Crippen molar-refractivity contribution in [1.29, 1.82) is 0 Å². The van der Waals surface area contributed by atoms with E-state index in [-0.39, 0.29) is 5.69 Å². The Kier molecular flexibility index (Phi) is 4.22. The van der Waals surface area contributed by atoms with Gasteiger partial charge in [0.25, 0.3) is 5.69 Å². The van der Waals surface area contributed by atoms with Crippen molar-refractivity contribution in [3.05, 3.63) is 27.9 Å². The summed E-state index contributed by atoms with van der Waals surface area (Å²) < 4.78 is 0. The molecule has 1 aromatic rings. The molecule has 0 saturated heterocycles. The molecule has 1 N–H and O–H groups in total. The lowest BCUT2D eigenvalue weighted by Crippen LogP contribution is -2.18. The summed E-state index contributed by atoms with van der Waals surface area (Å²) in [6, 6.07) is 1.91. The van der Waals surface area contributed by atoms with E-state index in [2.05, 4.69) is 24.1 Å². The molecule has 0 aliphatic carbocycles. The normalized spacial score (nSPS) is 10.5. The lowest BCUT2D eigenvalue weighted by Gasteiger charge is -2.16. The molecular formula is C11H17N3O2. The van der Waals surface area contributed by atoms with Crippen molar-refractivity contribution in [2.24, 2.45) is 0 Å². The standard InChI is InChI=1S/C11H17N3O2/c1-4-9(5-2)13-11-8(3)6-10(7-12-11)14(15)16/h6-7,9H,4-5H2,1-3H3,(H,12,13). The first-order chi connectivity index (χ1) is 7.58. The summed E-state index contributed by atoms with van der Waals surface area (Å²) in [7, 11) is 0. The van der Waals surface area contributed by atoms with Crippen LogP contribution in [0.4, 0.5) is 11.5 Å². The highest BCUT2D eigenvalue weighted by molar-refractivity contribution is 5.48. The Morgan fingerprint density at radius 2 is 2.12 bits per heavy atom. The molecule has 1 rings (SSSR count). The molecule has 0 saturated carbocycles. The first-order valence-corrected chi connectivity index (χ1v) is 5.46. The van der Waals surface area contributed by atoms with Crippen LogP contribution in [0.2, 0.25) is 0 Å². The average molecular weight is 223 g/mol. The van der Waals surface area contributed by atoms with Crippen LogP contribution < -0.4 is 5.32 Å². The molecule has 0 spiro atoms. The number of rotatable bonds is 5. The number of nitrogens with zero attached hydrogens (tertiary/aromatic N) is 2. The Labute approximate surface area is 95.0 Å². The maximum Gasteiger partial charge on any atom is 0.287 e. The zero-order valence-corrected chi connectivity index (χ0v) is 9.86. The number of nitro groups is 1. The highest BCUT2D eigenvalue weighted by atomic mass is 16.6. The molecule has 0 radical (unpaired) electrons. The van der Waals surface area contributed by atoms with Crippen LogP contribution in [0.15, 0.2) is 12.3 Å². The summed E-state index contributed by atoms with van der Waals surface area (Å²) >= 11 is 0. The maximum absolute atomic E-state index is 10.5. The fourth-order valence-corrected chi connectivity index (χ4v) is 1.50. The van der Waals surface area contributed by atoms with E-state index in [4.69, 9.17) is 0 Å². The Balaban J connectivity index is 2.86. The van der Waals surface area contributed by atoms with Crippen LogP contribution in [0.25, 0.3) is 0 Å². The van der Waals surface area contributed by atoms with Gasteiger partial charge in [0.05, 0.1) is 4.92 Å². The molecule has 0 amide bonds. The van der Waals surface area contributed by atoms with Gasteiger partial charge >= 0.3 is 0 Å². The molecule has 0 unspecified atom stereocenters. The van der Waals surface area contributed by atoms with Gasteiger partial charge in [-0.3, -0.25) is 10.1 Å². The average Bonchev–Trinajstić information content (AvgIpc) is 2.27. The van der Waals surface area contributed by atoms with Crippen molar-refractivity contribution >= 4 is 11.5 Å². The van der Waals surface area contributed by atoms with Crippen LogP contribution in [-0.2, 0) is 0 Å². The van der Waals surface area contributed by atoms with Crippen molar-refractivity contribution in [3.63, 3.8) is 0 Å². The molecule has 0 bridgehead atoms. The van der Waals surface area contributed by atoms with Crippen LogP contribution in [-0.4, -0.2) is 15.9 Å². The molecule has 88 valence electrons. The minimum atomic E-state index is -0.430. The van der Waals surface area contributed by atoms with Crippen LogP contribution >= 0.6 is 0 Å². The van der Waals surface area contributed by atoms with Gasteiger partial charge in [0.1, 0.15) is 12.0 Å². The van der Waals surface area contributed by atoms with Gasteiger partial charge in [0.15, 0.2) is 0 Å². The van der Waals surface area contributed by atoms with E-state index in [1.807, 2.05) is 6.92 Å². The third-order valence-corrected chi connectivity index (χ3v) is 2.60. The van der Waals surface area contributed by atoms with E-state index in [1.165, 1.54) is 12.3 Å². The van der Waals surface area contributed by atoms with Gasteiger partial charge in [-0.15, -0.1) is 0 Å². The molecule has 5 nitrogen and oxygen atoms in total. The first-order valence-electron chi connectivity index (χ1n) is 5.46. The summed E-state index contributed by atoms with van der Waals surface area (Å²) in [6.45, 7) is 6.02. The lowest BCUT2D eigenvalue weighted by molar-refractivity contribution is -0.385. The molecule has 0 aliphatic heterocycles. The van der Waals surface area contributed by atoms with Crippen LogP contribution in [0.3, 0.4) is 0 Å². The third kappa shape index (κ3) is 2.92. The number of hydrogen-bond acceptors (Lipinski definition) is 4. The van der Waals surface area contributed by atoms with E-state index in [0.29, 0.717) is 6.04 Å². The zero-order chi connectivity index (χ0) is 12.1. The lowest BCUT2D eigenvalue weighted by atomic mass is 10.1.